The summed E-state index contributed by atoms with van der Waals surface area (Å²) in [4.78, 5) is 19.6. The molecule has 1 aromatic rings. The van der Waals surface area contributed by atoms with Gasteiger partial charge in [0.1, 0.15) is 0 Å². The van der Waals surface area contributed by atoms with Crippen LogP contribution in [0.3, 0.4) is 0 Å². The van der Waals surface area contributed by atoms with Crippen LogP contribution in [0.15, 0.2) is 30.0 Å². The van der Waals surface area contributed by atoms with Gasteiger partial charge in [-0.1, -0.05) is 19.9 Å². The number of ketones is 1. The minimum Gasteiger partial charge on any atom is -0.379 e. The van der Waals surface area contributed by atoms with Gasteiger partial charge < -0.3 is 4.74 Å². The first kappa shape index (κ1) is 20.1. The molecule has 1 atom stereocenters. The highest BCUT2D eigenvalue weighted by atomic mass is 32.2. The fourth-order valence-electron chi connectivity index (χ4n) is 3.72. The predicted molar refractivity (Wildman–Crippen MR) is 104 cm³/mol. The van der Waals surface area contributed by atoms with Crippen LogP contribution in [0, 0.1) is 5.41 Å². The van der Waals surface area contributed by atoms with Gasteiger partial charge in [0.05, 0.1) is 31.2 Å². The molecule has 0 saturated carbocycles. The summed E-state index contributed by atoms with van der Waals surface area (Å²) in [6.07, 6.45) is 4.57. The Hall–Kier alpha value is -1.61. The molecule has 7 nitrogen and oxygen atoms in total. The molecule has 0 radical (unpaired) electrons. The normalized spacial score (nSPS) is 26.4. The molecule has 1 unspecified atom stereocenters. The molecule has 27 heavy (non-hydrogen) atoms. The summed E-state index contributed by atoms with van der Waals surface area (Å²) in [6.45, 7) is 7.02. The third-order valence-electron chi connectivity index (χ3n) is 5.35. The molecule has 2 saturated heterocycles. The molecule has 8 heteroatoms. The van der Waals surface area contributed by atoms with E-state index >= 15 is 0 Å². The van der Waals surface area contributed by atoms with Crippen molar-refractivity contribution in [3.05, 3.63) is 35.7 Å². The SMILES string of the molecule is CC1(C)C(=O)/C(=C\c2ccccn2)CN(S(C)(=O)=O)C1CN1CCOCC1. The Labute approximate surface area is 161 Å². The van der Waals surface area contributed by atoms with Crippen molar-refractivity contribution in [2.45, 2.75) is 19.9 Å². The number of carbonyl (C=O) groups is 1. The Morgan fingerprint density at radius 2 is 2.00 bits per heavy atom. The highest BCUT2D eigenvalue weighted by Gasteiger charge is 2.49. The molecule has 0 N–H and O–H groups in total. The van der Waals surface area contributed by atoms with Gasteiger partial charge in [0.15, 0.2) is 5.78 Å². The standard InChI is InChI=1S/C19H27N3O4S/c1-19(2)17(14-21-8-10-26-11-9-21)22(27(3,24)25)13-15(18(19)23)12-16-6-4-5-7-20-16/h4-7,12,17H,8-11,13-14H2,1-3H3/b15-12-. The van der Waals surface area contributed by atoms with Gasteiger partial charge in [-0.2, -0.15) is 4.31 Å². The van der Waals surface area contributed by atoms with E-state index in [4.69, 9.17) is 4.74 Å². The zero-order valence-electron chi connectivity index (χ0n) is 16.1. The van der Waals surface area contributed by atoms with Gasteiger partial charge in [-0.05, 0) is 18.2 Å². The van der Waals surface area contributed by atoms with Gasteiger partial charge >= 0.3 is 0 Å². The fraction of sp³-hybridized carbons (Fsp3) is 0.579. The topological polar surface area (TPSA) is 79.8 Å². The van der Waals surface area contributed by atoms with Crippen molar-refractivity contribution < 1.29 is 17.9 Å². The maximum Gasteiger partial charge on any atom is 0.211 e. The molecule has 148 valence electrons. The summed E-state index contributed by atoms with van der Waals surface area (Å²) in [5, 5.41) is 0. The van der Waals surface area contributed by atoms with E-state index in [-0.39, 0.29) is 12.3 Å². The van der Waals surface area contributed by atoms with Crippen LogP contribution < -0.4 is 0 Å². The number of hydrogen-bond acceptors (Lipinski definition) is 6. The summed E-state index contributed by atoms with van der Waals surface area (Å²) >= 11 is 0. The molecule has 0 amide bonds. The largest absolute Gasteiger partial charge is 0.379 e. The van der Waals surface area contributed by atoms with E-state index in [1.54, 1.807) is 24.4 Å². The van der Waals surface area contributed by atoms with E-state index in [1.165, 1.54) is 10.6 Å². The summed E-state index contributed by atoms with van der Waals surface area (Å²) in [5.74, 6) is -0.0219. The fourth-order valence-corrected chi connectivity index (χ4v) is 4.89. The minimum atomic E-state index is -3.48. The van der Waals surface area contributed by atoms with Gasteiger partial charge in [0, 0.05) is 43.4 Å². The zero-order valence-corrected chi connectivity index (χ0v) is 16.9. The summed E-state index contributed by atoms with van der Waals surface area (Å²) in [5.41, 5.74) is 0.291. The third kappa shape index (κ3) is 4.45. The Morgan fingerprint density at radius 3 is 2.59 bits per heavy atom. The average Bonchev–Trinajstić information content (AvgIpc) is 2.62. The van der Waals surface area contributed by atoms with Gasteiger partial charge in [0.2, 0.25) is 10.0 Å². The van der Waals surface area contributed by atoms with Crippen molar-refractivity contribution in [2.75, 3.05) is 45.6 Å². The van der Waals surface area contributed by atoms with Gasteiger partial charge in [-0.15, -0.1) is 0 Å². The first-order valence-electron chi connectivity index (χ1n) is 9.13. The van der Waals surface area contributed by atoms with Crippen LogP contribution in [0.4, 0.5) is 0 Å². The molecular weight excluding hydrogens is 366 g/mol. The van der Waals surface area contributed by atoms with Crippen molar-refractivity contribution >= 4 is 21.9 Å². The van der Waals surface area contributed by atoms with E-state index in [2.05, 4.69) is 9.88 Å². The van der Waals surface area contributed by atoms with E-state index in [0.29, 0.717) is 31.0 Å². The number of rotatable bonds is 4. The van der Waals surface area contributed by atoms with E-state index in [1.807, 2.05) is 19.9 Å². The minimum absolute atomic E-state index is 0.0219. The molecule has 1 aromatic heterocycles. The number of ether oxygens (including phenoxy) is 1. The highest BCUT2D eigenvalue weighted by molar-refractivity contribution is 7.88. The number of sulfonamides is 1. The van der Waals surface area contributed by atoms with Crippen molar-refractivity contribution in [1.29, 1.82) is 0 Å². The van der Waals surface area contributed by atoms with E-state index in [9.17, 15) is 13.2 Å². The Balaban J connectivity index is 1.95. The highest BCUT2D eigenvalue weighted by Crippen LogP contribution is 2.37. The molecule has 2 aliphatic heterocycles. The lowest BCUT2D eigenvalue weighted by Gasteiger charge is -2.47. The zero-order chi connectivity index (χ0) is 19.7. The maximum atomic E-state index is 13.2. The summed E-state index contributed by atoms with van der Waals surface area (Å²) in [6, 6.07) is 5.03. The van der Waals surface area contributed by atoms with Crippen molar-refractivity contribution in [3.8, 4) is 0 Å². The number of pyridine rings is 1. The summed E-state index contributed by atoms with van der Waals surface area (Å²) < 4.78 is 32.0. The number of carbonyl (C=O) groups excluding carboxylic acids is 1. The molecule has 0 aromatic carbocycles. The van der Waals surface area contributed by atoms with Crippen LogP contribution in [0.1, 0.15) is 19.5 Å². The van der Waals surface area contributed by atoms with Crippen LogP contribution in [-0.4, -0.2) is 80.1 Å². The molecule has 3 heterocycles. The molecule has 2 aliphatic rings. The Bertz CT molecular complexity index is 815. The summed E-state index contributed by atoms with van der Waals surface area (Å²) in [7, 11) is -3.48. The Morgan fingerprint density at radius 1 is 1.30 bits per heavy atom. The van der Waals surface area contributed by atoms with Crippen LogP contribution >= 0.6 is 0 Å². The van der Waals surface area contributed by atoms with Crippen LogP contribution in [0.5, 0.6) is 0 Å². The molecule has 0 bridgehead atoms. The lowest BCUT2D eigenvalue weighted by Crippen LogP contribution is -2.61. The number of piperidine rings is 1. The van der Waals surface area contributed by atoms with Crippen molar-refractivity contribution in [1.82, 2.24) is 14.2 Å². The van der Waals surface area contributed by atoms with Gasteiger partial charge in [-0.25, -0.2) is 8.42 Å². The smallest absolute Gasteiger partial charge is 0.211 e. The van der Waals surface area contributed by atoms with Crippen LogP contribution in [0.2, 0.25) is 0 Å². The average molecular weight is 394 g/mol. The van der Waals surface area contributed by atoms with E-state index in [0.717, 1.165) is 13.1 Å². The second-order valence-corrected chi connectivity index (χ2v) is 9.65. The van der Waals surface area contributed by atoms with Crippen LogP contribution in [0.25, 0.3) is 6.08 Å². The molecule has 0 aliphatic carbocycles. The maximum absolute atomic E-state index is 13.2. The number of Topliss-reactive ketones (excluding diaryl/α,β-unsaturated/α-hetero) is 1. The predicted octanol–water partition coefficient (Wildman–Crippen LogP) is 1.04. The van der Waals surface area contributed by atoms with Crippen molar-refractivity contribution in [3.63, 3.8) is 0 Å². The molecule has 3 rings (SSSR count). The molecule has 2 fully saturated rings. The lowest BCUT2D eigenvalue weighted by molar-refractivity contribution is -0.128. The molecular formula is C19H27N3O4S. The number of aromatic nitrogens is 1. The first-order valence-corrected chi connectivity index (χ1v) is 11.0. The second kappa shape index (κ2) is 7.79. The van der Waals surface area contributed by atoms with E-state index < -0.39 is 21.5 Å². The monoisotopic (exact) mass is 393 g/mol. The quantitative estimate of drug-likeness (QED) is 0.711. The Kier molecular flexibility index (Phi) is 5.81. The van der Waals surface area contributed by atoms with Crippen molar-refractivity contribution in [2.24, 2.45) is 5.41 Å². The number of hydrogen-bond donors (Lipinski definition) is 0. The number of morpholine rings is 1. The first-order chi connectivity index (χ1) is 12.7. The van der Waals surface area contributed by atoms with Gasteiger partial charge in [0.25, 0.3) is 0 Å². The molecule has 0 spiro atoms. The number of nitrogens with zero attached hydrogens (tertiary/aromatic N) is 3. The van der Waals surface area contributed by atoms with Crippen LogP contribution in [-0.2, 0) is 19.6 Å². The second-order valence-electron chi connectivity index (χ2n) is 7.71. The third-order valence-corrected chi connectivity index (χ3v) is 6.59. The van der Waals surface area contributed by atoms with Gasteiger partial charge in [-0.3, -0.25) is 14.7 Å². The lowest BCUT2D eigenvalue weighted by atomic mass is 9.74.